The van der Waals surface area contributed by atoms with E-state index in [1.54, 1.807) is 12.3 Å². The number of halogens is 1. The molecule has 0 saturated carbocycles. The Morgan fingerprint density at radius 3 is 2.71 bits per heavy atom. The summed E-state index contributed by atoms with van der Waals surface area (Å²) in [4.78, 5) is 0. The molecule has 0 amide bonds. The van der Waals surface area contributed by atoms with E-state index in [9.17, 15) is 0 Å². The van der Waals surface area contributed by atoms with Gasteiger partial charge in [0, 0.05) is 5.02 Å². The smallest absolute Gasteiger partial charge is 0.211 e. The topological polar surface area (TPSA) is 76.8 Å². The molecule has 0 heterocycles. The van der Waals surface area contributed by atoms with Crippen LogP contribution in [0.3, 0.4) is 0 Å². The fourth-order valence-corrected chi connectivity index (χ4v) is 1.17. The van der Waals surface area contributed by atoms with Gasteiger partial charge in [-0.2, -0.15) is 5.10 Å². The van der Waals surface area contributed by atoms with E-state index in [2.05, 4.69) is 10.2 Å². The third-order valence-electron chi connectivity index (χ3n) is 1.60. The highest BCUT2D eigenvalue weighted by molar-refractivity contribution is 6.30. The molecule has 0 aliphatic heterocycles. The van der Waals surface area contributed by atoms with Gasteiger partial charge in [0.15, 0.2) is 0 Å². The molecule has 0 spiro atoms. The van der Waals surface area contributed by atoms with Gasteiger partial charge in [-0.15, -0.1) is 5.10 Å². The van der Waals surface area contributed by atoms with Crippen molar-refractivity contribution in [3.63, 3.8) is 0 Å². The Balaban J connectivity index is 2.87. The molecule has 74 valence electrons. The Morgan fingerprint density at radius 2 is 2.14 bits per heavy atom. The number of nitrogens with zero attached hydrogens (tertiary/aromatic N) is 2. The van der Waals surface area contributed by atoms with Crippen LogP contribution < -0.4 is 11.5 Å². The van der Waals surface area contributed by atoms with Crippen molar-refractivity contribution in [1.82, 2.24) is 0 Å². The van der Waals surface area contributed by atoms with Crippen molar-refractivity contribution >= 4 is 23.8 Å². The minimum absolute atomic E-state index is 0.0622. The summed E-state index contributed by atoms with van der Waals surface area (Å²) in [5.74, 6) is -0.0622. The van der Waals surface area contributed by atoms with Crippen molar-refractivity contribution < 1.29 is 0 Å². The number of aryl methyl sites for hydroxylation is 1. The highest BCUT2D eigenvalue weighted by Crippen LogP contribution is 2.13. The fraction of sp³-hybridized carbons (Fsp3) is 0.111. The Kier molecular flexibility index (Phi) is 3.48. The molecule has 0 fully saturated rings. The first-order chi connectivity index (χ1) is 6.59. The van der Waals surface area contributed by atoms with Crippen LogP contribution in [0.5, 0.6) is 0 Å². The normalized spacial score (nSPS) is 10.4. The molecule has 14 heavy (non-hydrogen) atoms. The van der Waals surface area contributed by atoms with Crippen molar-refractivity contribution in [2.24, 2.45) is 21.7 Å². The first-order valence-electron chi connectivity index (χ1n) is 3.97. The number of benzene rings is 1. The minimum atomic E-state index is -0.0622. The van der Waals surface area contributed by atoms with Gasteiger partial charge in [-0.1, -0.05) is 17.7 Å². The lowest BCUT2D eigenvalue weighted by Crippen LogP contribution is -2.21. The second kappa shape index (κ2) is 4.62. The summed E-state index contributed by atoms with van der Waals surface area (Å²) in [5, 5.41) is 7.89. The molecule has 0 saturated heterocycles. The van der Waals surface area contributed by atoms with E-state index < -0.39 is 0 Å². The van der Waals surface area contributed by atoms with E-state index in [1.807, 2.05) is 19.1 Å². The second-order valence-corrected chi connectivity index (χ2v) is 3.21. The van der Waals surface area contributed by atoms with Gasteiger partial charge in [-0.3, -0.25) is 0 Å². The number of nitrogens with two attached hydrogens (primary N) is 2. The van der Waals surface area contributed by atoms with Crippen molar-refractivity contribution in [3.05, 3.63) is 34.3 Å². The molecule has 4 nitrogen and oxygen atoms in total. The predicted molar refractivity (Wildman–Crippen MR) is 59.6 cm³/mol. The van der Waals surface area contributed by atoms with Crippen LogP contribution in [-0.4, -0.2) is 12.2 Å². The number of guanidine groups is 1. The van der Waals surface area contributed by atoms with Crippen LogP contribution in [0.4, 0.5) is 0 Å². The van der Waals surface area contributed by atoms with E-state index in [4.69, 9.17) is 23.1 Å². The summed E-state index contributed by atoms with van der Waals surface area (Å²) >= 11 is 5.79. The van der Waals surface area contributed by atoms with Gasteiger partial charge in [0.2, 0.25) is 5.96 Å². The van der Waals surface area contributed by atoms with Crippen LogP contribution in [0.25, 0.3) is 0 Å². The predicted octanol–water partition coefficient (Wildman–Crippen LogP) is 1.26. The van der Waals surface area contributed by atoms with Crippen molar-refractivity contribution in [2.75, 3.05) is 0 Å². The van der Waals surface area contributed by atoms with E-state index in [-0.39, 0.29) is 5.96 Å². The van der Waals surface area contributed by atoms with Crippen molar-refractivity contribution in [2.45, 2.75) is 6.92 Å². The molecule has 1 aromatic carbocycles. The third kappa shape index (κ3) is 3.06. The minimum Gasteiger partial charge on any atom is -0.369 e. The van der Waals surface area contributed by atoms with E-state index >= 15 is 0 Å². The maximum Gasteiger partial charge on any atom is 0.211 e. The first kappa shape index (κ1) is 10.5. The van der Waals surface area contributed by atoms with Gasteiger partial charge < -0.3 is 11.5 Å². The van der Waals surface area contributed by atoms with E-state index in [0.29, 0.717) is 5.02 Å². The Hall–Kier alpha value is -1.55. The zero-order valence-corrected chi connectivity index (χ0v) is 8.49. The zero-order valence-electron chi connectivity index (χ0n) is 7.74. The maximum atomic E-state index is 5.79. The first-order valence-corrected chi connectivity index (χ1v) is 4.35. The molecule has 5 heteroatoms. The SMILES string of the molecule is Cc1cc(Cl)ccc1C=NN=C(N)N. The summed E-state index contributed by atoms with van der Waals surface area (Å²) in [7, 11) is 0. The van der Waals surface area contributed by atoms with Gasteiger partial charge in [0.05, 0.1) is 6.21 Å². The summed E-state index contributed by atoms with van der Waals surface area (Å²) < 4.78 is 0. The number of hydrogen-bond acceptors (Lipinski definition) is 2. The van der Waals surface area contributed by atoms with Crippen molar-refractivity contribution in [1.29, 1.82) is 0 Å². The van der Waals surface area contributed by atoms with E-state index in [0.717, 1.165) is 11.1 Å². The lowest BCUT2D eigenvalue weighted by Gasteiger charge is -1.98. The van der Waals surface area contributed by atoms with Gasteiger partial charge >= 0.3 is 0 Å². The number of hydrogen-bond donors (Lipinski definition) is 2. The molecule has 0 atom stereocenters. The Bertz CT molecular complexity index is 380. The van der Waals surface area contributed by atoms with Crippen LogP contribution in [0.15, 0.2) is 28.4 Å². The van der Waals surface area contributed by atoms with Gasteiger partial charge in [0.25, 0.3) is 0 Å². The maximum absolute atomic E-state index is 5.79. The zero-order chi connectivity index (χ0) is 10.6. The average Bonchev–Trinajstić information content (AvgIpc) is 2.08. The number of rotatable bonds is 2. The highest BCUT2D eigenvalue weighted by atomic mass is 35.5. The average molecular weight is 211 g/mol. The highest BCUT2D eigenvalue weighted by Gasteiger charge is 1.95. The van der Waals surface area contributed by atoms with Crippen LogP contribution in [0, 0.1) is 6.92 Å². The summed E-state index contributed by atoms with van der Waals surface area (Å²) in [6.45, 7) is 1.93. The van der Waals surface area contributed by atoms with Gasteiger partial charge in [-0.05, 0) is 30.2 Å². The summed E-state index contributed by atoms with van der Waals surface area (Å²) in [6, 6.07) is 5.48. The molecular weight excluding hydrogens is 200 g/mol. The van der Waals surface area contributed by atoms with Gasteiger partial charge in [0.1, 0.15) is 0 Å². The van der Waals surface area contributed by atoms with Crippen molar-refractivity contribution in [3.8, 4) is 0 Å². The van der Waals surface area contributed by atoms with Gasteiger partial charge in [-0.25, -0.2) is 0 Å². The van der Waals surface area contributed by atoms with Crippen LogP contribution in [0.1, 0.15) is 11.1 Å². The van der Waals surface area contributed by atoms with Crippen LogP contribution in [-0.2, 0) is 0 Å². The summed E-state index contributed by atoms with van der Waals surface area (Å²) in [6.07, 6.45) is 1.57. The molecule has 0 aliphatic rings. The molecule has 0 aromatic heterocycles. The molecule has 4 N–H and O–H groups in total. The Morgan fingerprint density at radius 1 is 1.43 bits per heavy atom. The molecule has 0 bridgehead atoms. The molecule has 1 rings (SSSR count). The lowest BCUT2D eigenvalue weighted by molar-refractivity contribution is 1.21. The molecular formula is C9H11ClN4. The third-order valence-corrected chi connectivity index (χ3v) is 1.84. The molecule has 0 unspecified atom stereocenters. The quantitative estimate of drug-likeness (QED) is 0.438. The standard InChI is InChI=1S/C9H11ClN4/c1-6-4-8(10)3-2-7(6)5-13-14-9(11)12/h2-5H,1H3,(H4,11,12,14). The fourth-order valence-electron chi connectivity index (χ4n) is 0.942. The molecule has 0 aliphatic carbocycles. The summed E-state index contributed by atoms with van der Waals surface area (Å²) in [5.41, 5.74) is 12.2. The van der Waals surface area contributed by atoms with Crippen LogP contribution >= 0.6 is 11.6 Å². The lowest BCUT2D eigenvalue weighted by atomic mass is 10.1. The Labute approximate surface area is 87.3 Å². The molecule has 1 aromatic rings. The largest absolute Gasteiger partial charge is 0.369 e. The van der Waals surface area contributed by atoms with E-state index in [1.165, 1.54) is 0 Å². The molecule has 0 radical (unpaired) electrons. The monoisotopic (exact) mass is 210 g/mol. The second-order valence-electron chi connectivity index (χ2n) is 2.77. The van der Waals surface area contributed by atoms with Crippen LogP contribution in [0.2, 0.25) is 5.02 Å².